The van der Waals surface area contributed by atoms with Gasteiger partial charge < -0.3 is 5.73 Å². The number of rotatable bonds is 3. The van der Waals surface area contributed by atoms with Crippen molar-refractivity contribution in [1.82, 2.24) is 20.1 Å². The smallest absolute Gasteiger partial charge is 0.168 e. The van der Waals surface area contributed by atoms with Crippen LogP contribution in [0.1, 0.15) is 17.7 Å². The van der Waals surface area contributed by atoms with Crippen molar-refractivity contribution >= 4 is 11.8 Å². The topological polar surface area (TPSA) is 70.8 Å². The van der Waals surface area contributed by atoms with Crippen molar-refractivity contribution in [3.8, 4) is 0 Å². The van der Waals surface area contributed by atoms with Crippen LogP contribution in [-0.4, -0.2) is 51.7 Å². The molecule has 0 spiro atoms. The van der Waals surface area contributed by atoms with Gasteiger partial charge in [0.1, 0.15) is 5.82 Å². The standard InChI is InChI=1S/C9H17N5S/c1-14-4-5-15-6-7(14)9-11-8(2-3-10)12-13-9/h7H,2-6,10H2,1H3,(H,11,12,13). The van der Waals surface area contributed by atoms with Gasteiger partial charge in [0.25, 0.3) is 0 Å². The van der Waals surface area contributed by atoms with E-state index in [4.69, 9.17) is 5.73 Å². The summed E-state index contributed by atoms with van der Waals surface area (Å²) in [5.74, 6) is 4.09. The Labute approximate surface area is 93.8 Å². The monoisotopic (exact) mass is 227 g/mol. The predicted octanol–water partition coefficient (Wildman–Crippen LogP) is 0.0256. The van der Waals surface area contributed by atoms with Gasteiger partial charge in [-0.3, -0.25) is 10.00 Å². The molecule has 1 aliphatic heterocycles. The quantitative estimate of drug-likeness (QED) is 0.762. The average molecular weight is 227 g/mol. The van der Waals surface area contributed by atoms with Crippen LogP contribution in [0, 0.1) is 0 Å². The molecular formula is C9H17N5S. The minimum atomic E-state index is 0.353. The van der Waals surface area contributed by atoms with Crippen LogP contribution in [-0.2, 0) is 6.42 Å². The van der Waals surface area contributed by atoms with Crippen LogP contribution in [0.4, 0.5) is 0 Å². The Morgan fingerprint density at radius 2 is 2.53 bits per heavy atom. The van der Waals surface area contributed by atoms with Gasteiger partial charge in [0.15, 0.2) is 5.82 Å². The maximum absolute atomic E-state index is 5.47. The van der Waals surface area contributed by atoms with Crippen LogP contribution < -0.4 is 5.73 Å². The highest BCUT2D eigenvalue weighted by molar-refractivity contribution is 7.99. The molecule has 0 saturated carbocycles. The summed E-state index contributed by atoms with van der Waals surface area (Å²) in [5.41, 5.74) is 5.47. The third-order valence-corrected chi connectivity index (χ3v) is 3.65. The van der Waals surface area contributed by atoms with Gasteiger partial charge in [-0.25, -0.2) is 4.98 Å². The third-order valence-electron chi connectivity index (χ3n) is 2.62. The van der Waals surface area contributed by atoms with Crippen LogP contribution in [0.3, 0.4) is 0 Å². The van der Waals surface area contributed by atoms with Crippen LogP contribution in [0.2, 0.25) is 0 Å². The van der Waals surface area contributed by atoms with E-state index in [1.807, 2.05) is 11.8 Å². The number of hydrogen-bond acceptors (Lipinski definition) is 5. The van der Waals surface area contributed by atoms with Crippen molar-refractivity contribution in [2.45, 2.75) is 12.5 Å². The Kier molecular flexibility index (Phi) is 3.61. The largest absolute Gasteiger partial charge is 0.330 e. The molecule has 5 nitrogen and oxygen atoms in total. The zero-order valence-electron chi connectivity index (χ0n) is 8.94. The summed E-state index contributed by atoms with van der Waals surface area (Å²) in [6, 6.07) is 0.353. The van der Waals surface area contributed by atoms with E-state index in [1.165, 1.54) is 5.75 Å². The molecular weight excluding hydrogens is 210 g/mol. The molecule has 1 aliphatic rings. The normalized spacial score (nSPS) is 23.2. The first-order chi connectivity index (χ1) is 7.31. The molecule has 1 aromatic rings. The predicted molar refractivity (Wildman–Crippen MR) is 61.8 cm³/mol. The molecule has 2 rings (SSSR count). The fourth-order valence-electron chi connectivity index (χ4n) is 1.67. The highest BCUT2D eigenvalue weighted by atomic mass is 32.2. The molecule has 1 atom stereocenters. The zero-order chi connectivity index (χ0) is 10.7. The molecule has 1 saturated heterocycles. The van der Waals surface area contributed by atoms with Crippen LogP contribution in [0.15, 0.2) is 0 Å². The number of nitrogens with zero attached hydrogens (tertiary/aromatic N) is 3. The van der Waals surface area contributed by atoms with E-state index in [0.29, 0.717) is 12.6 Å². The highest BCUT2D eigenvalue weighted by Crippen LogP contribution is 2.25. The number of aromatic amines is 1. The van der Waals surface area contributed by atoms with Crippen LogP contribution in [0.5, 0.6) is 0 Å². The first kappa shape index (κ1) is 10.9. The molecule has 6 heteroatoms. The molecule has 0 radical (unpaired) electrons. The summed E-state index contributed by atoms with van der Waals surface area (Å²) >= 11 is 1.96. The molecule has 0 amide bonds. The van der Waals surface area contributed by atoms with Crippen LogP contribution >= 0.6 is 11.8 Å². The molecule has 1 fully saturated rings. The van der Waals surface area contributed by atoms with Gasteiger partial charge in [0.05, 0.1) is 6.04 Å². The first-order valence-corrected chi connectivity index (χ1v) is 6.36. The molecule has 15 heavy (non-hydrogen) atoms. The maximum atomic E-state index is 5.47. The van der Waals surface area contributed by atoms with E-state index in [9.17, 15) is 0 Å². The summed E-state index contributed by atoms with van der Waals surface area (Å²) < 4.78 is 0. The number of nitrogens with two attached hydrogens (primary N) is 1. The second-order valence-electron chi connectivity index (χ2n) is 3.75. The second kappa shape index (κ2) is 4.96. The summed E-state index contributed by atoms with van der Waals surface area (Å²) in [6.45, 7) is 1.72. The van der Waals surface area contributed by atoms with E-state index in [2.05, 4.69) is 27.1 Å². The highest BCUT2D eigenvalue weighted by Gasteiger charge is 2.24. The third kappa shape index (κ3) is 2.50. The van der Waals surface area contributed by atoms with E-state index in [-0.39, 0.29) is 0 Å². The summed E-state index contributed by atoms with van der Waals surface area (Å²) in [6.07, 6.45) is 0.774. The number of thioether (sulfide) groups is 1. The number of hydrogen-bond donors (Lipinski definition) is 2. The molecule has 0 aliphatic carbocycles. The summed E-state index contributed by atoms with van der Waals surface area (Å²) in [4.78, 5) is 6.78. The van der Waals surface area contributed by atoms with Gasteiger partial charge in [-0.15, -0.1) is 0 Å². The Morgan fingerprint density at radius 3 is 3.27 bits per heavy atom. The van der Waals surface area contributed by atoms with Gasteiger partial charge in [0.2, 0.25) is 0 Å². The summed E-state index contributed by atoms with van der Waals surface area (Å²) in [7, 11) is 2.13. The lowest BCUT2D eigenvalue weighted by molar-refractivity contribution is 0.265. The average Bonchev–Trinajstić information content (AvgIpc) is 2.68. The zero-order valence-corrected chi connectivity index (χ0v) is 9.76. The van der Waals surface area contributed by atoms with Gasteiger partial charge in [-0.05, 0) is 13.6 Å². The van der Waals surface area contributed by atoms with Crippen molar-refractivity contribution in [1.29, 1.82) is 0 Å². The number of H-pyrrole nitrogens is 1. The molecule has 1 aromatic heterocycles. The second-order valence-corrected chi connectivity index (χ2v) is 4.90. The first-order valence-electron chi connectivity index (χ1n) is 5.20. The van der Waals surface area contributed by atoms with Gasteiger partial charge in [0, 0.05) is 24.5 Å². The molecule has 84 valence electrons. The van der Waals surface area contributed by atoms with Crippen molar-refractivity contribution in [2.24, 2.45) is 5.73 Å². The Hall–Kier alpha value is -0.590. The van der Waals surface area contributed by atoms with Crippen LogP contribution in [0.25, 0.3) is 0 Å². The van der Waals surface area contributed by atoms with Gasteiger partial charge in [-0.1, -0.05) is 0 Å². The fraction of sp³-hybridized carbons (Fsp3) is 0.778. The maximum Gasteiger partial charge on any atom is 0.168 e. The molecule has 0 bridgehead atoms. The van der Waals surface area contributed by atoms with Crippen molar-refractivity contribution in [3.63, 3.8) is 0 Å². The van der Waals surface area contributed by atoms with Crippen molar-refractivity contribution < 1.29 is 0 Å². The Morgan fingerprint density at radius 1 is 1.67 bits per heavy atom. The van der Waals surface area contributed by atoms with E-state index >= 15 is 0 Å². The lowest BCUT2D eigenvalue weighted by Crippen LogP contribution is -2.33. The minimum absolute atomic E-state index is 0.353. The molecule has 3 N–H and O–H groups in total. The van der Waals surface area contributed by atoms with E-state index in [1.54, 1.807) is 0 Å². The van der Waals surface area contributed by atoms with Crippen molar-refractivity contribution in [3.05, 3.63) is 11.6 Å². The van der Waals surface area contributed by atoms with E-state index < -0.39 is 0 Å². The minimum Gasteiger partial charge on any atom is -0.330 e. The lowest BCUT2D eigenvalue weighted by Gasteiger charge is -2.29. The number of nitrogens with one attached hydrogen (secondary N) is 1. The molecule has 1 unspecified atom stereocenters. The SMILES string of the molecule is CN1CCSCC1c1n[nH]c(CCN)n1. The fourth-order valence-corrected chi connectivity index (χ4v) is 2.88. The Bertz CT molecular complexity index is 313. The number of aromatic nitrogens is 3. The van der Waals surface area contributed by atoms with Gasteiger partial charge >= 0.3 is 0 Å². The molecule has 2 heterocycles. The Balaban J connectivity index is 2.06. The van der Waals surface area contributed by atoms with E-state index in [0.717, 1.165) is 30.4 Å². The van der Waals surface area contributed by atoms with Crippen molar-refractivity contribution in [2.75, 3.05) is 31.6 Å². The van der Waals surface area contributed by atoms with Gasteiger partial charge in [-0.2, -0.15) is 16.9 Å². The molecule has 0 aromatic carbocycles. The summed E-state index contributed by atoms with van der Waals surface area (Å²) in [5, 5.41) is 7.21. The lowest BCUT2D eigenvalue weighted by atomic mass is 10.3.